The summed E-state index contributed by atoms with van der Waals surface area (Å²) in [5, 5.41) is 3.93. The van der Waals surface area contributed by atoms with Gasteiger partial charge < -0.3 is 14.3 Å². The number of anilines is 1. The van der Waals surface area contributed by atoms with Gasteiger partial charge in [-0.25, -0.2) is 0 Å². The highest BCUT2D eigenvalue weighted by Gasteiger charge is 2.22. The molecule has 1 aliphatic heterocycles. The highest BCUT2D eigenvalue weighted by Crippen LogP contribution is 2.18. The van der Waals surface area contributed by atoms with E-state index in [1.54, 1.807) is 0 Å². The van der Waals surface area contributed by atoms with Crippen LogP contribution in [0.4, 0.5) is 5.69 Å². The van der Waals surface area contributed by atoms with E-state index in [4.69, 9.17) is 4.52 Å². The van der Waals surface area contributed by atoms with Gasteiger partial charge in [0.25, 0.3) is 0 Å². The summed E-state index contributed by atoms with van der Waals surface area (Å²) in [6, 6.07) is 4.13. The average Bonchev–Trinajstić information content (AvgIpc) is 2.79. The molecule has 0 unspecified atom stereocenters. The van der Waals surface area contributed by atoms with Gasteiger partial charge >= 0.3 is 0 Å². The van der Waals surface area contributed by atoms with E-state index in [0.29, 0.717) is 6.42 Å². The summed E-state index contributed by atoms with van der Waals surface area (Å²) in [5.41, 5.74) is 3.93. The van der Waals surface area contributed by atoms with Crippen LogP contribution in [0.1, 0.15) is 29.1 Å². The molecular weight excluding hydrogens is 304 g/mol. The molecule has 0 N–H and O–H groups in total. The van der Waals surface area contributed by atoms with E-state index >= 15 is 0 Å². The molecule has 128 valence electrons. The largest absolute Gasteiger partial charge is 0.370 e. The molecule has 1 saturated heterocycles. The number of rotatable bonds is 3. The highest BCUT2D eigenvalue weighted by molar-refractivity contribution is 5.79. The number of carbonyl (C=O) groups is 1. The van der Waals surface area contributed by atoms with Crippen LogP contribution in [0, 0.1) is 20.8 Å². The lowest BCUT2D eigenvalue weighted by molar-refractivity contribution is -0.130. The molecule has 3 heterocycles. The average molecular weight is 328 g/mol. The van der Waals surface area contributed by atoms with Crippen LogP contribution in [0.2, 0.25) is 0 Å². The fourth-order valence-corrected chi connectivity index (χ4v) is 3.17. The number of nitrogens with zero attached hydrogens (tertiary/aromatic N) is 4. The molecule has 1 amide bonds. The minimum Gasteiger partial charge on any atom is -0.370 e. The van der Waals surface area contributed by atoms with Gasteiger partial charge in [-0.3, -0.25) is 9.78 Å². The van der Waals surface area contributed by atoms with E-state index in [9.17, 15) is 4.79 Å². The van der Waals surface area contributed by atoms with Gasteiger partial charge in [0, 0.05) is 49.3 Å². The van der Waals surface area contributed by atoms with E-state index in [1.807, 2.05) is 37.9 Å². The minimum absolute atomic E-state index is 0.150. The zero-order valence-electron chi connectivity index (χ0n) is 14.6. The third kappa shape index (κ3) is 3.58. The first-order valence-electron chi connectivity index (χ1n) is 8.41. The Bertz CT molecular complexity index is 706. The number of hydrogen-bond donors (Lipinski definition) is 0. The molecule has 0 saturated carbocycles. The molecule has 6 heteroatoms. The Balaban J connectivity index is 1.64. The number of aryl methyl sites for hydroxylation is 3. The second-order valence-electron chi connectivity index (χ2n) is 6.36. The smallest absolute Gasteiger partial charge is 0.227 e. The zero-order chi connectivity index (χ0) is 17.1. The molecule has 24 heavy (non-hydrogen) atoms. The fourth-order valence-electron chi connectivity index (χ4n) is 3.17. The molecule has 1 aliphatic rings. The predicted molar refractivity (Wildman–Crippen MR) is 92.1 cm³/mol. The van der Waals surface area contributed by atoms with Crippen LogP contribution in [0.3, 0.4) is 0 Å². The number of amides is 1. The molecular formula is C18H24N4O2. The van der Waals surface area contributed by atoms with Crippen molar-refractivity contribution >= 4 is 11.6 Å². The molecule has 2 aromatic heterocycles. The summed E-state index contributed by atoms with van der Waals surface area (Å²) >= 11 is 0. The lowest BCUT2D eigenvalue weighted by Gasteiger charge is -2.24. The predicted octanol–water partition coefficient (Wildman–Crippen LogP) is 2.28. The summed E-state index contributed by atoms with van der Waals surface area (Å²) in [6.45, 7) is 9.08. The second-order valence-corrected chi connectivity index (χ2v) is 6.36. The maximum absolute atomic E-state index is 12.6. The first kappa shape index (κ1) is 16.5. The molecule has 6 nitrogen and oxygen atoms in total. The van der Waals surface area contributed by atoms with E-state index in [0.717, 1.165) is 55.3 Å². The van der Waals surface area contributed by atoms with Crippen molar-refractivity contribution in [3.8, 4) is 0 Å². The summed E-state index contributed by atoms with van der Waals surface area (Å²) < 4.78 is 5.16. The molecule has 0 spiro atoms. The molecule has 1 fully saturated rings. The van der Waals surface area contributed by atoms with Crippen molar-refractivity contribution in [1.29, 1.82) is 0 Å². The summed E-state index contributed by atoms with van der Waals surface area (Å²) in [7, 11) is 0. The van der Waals surface area contributed by atoms with Crippen LogP contribution < -0.4 is 4.90 Å². The van der Waals surface area contributed by atoms with Crippen molar-refractivity contribution in [2.24, 2.45) is 0 Å². The first-order chi connectivity index (χ1) is 11.5. The van der Waals surface area contributed by atoms with Gasteiger partial charge in [-0.1, -0.05) is 5.16 Å². The monoisotopic (exact) mass is 328 g/mol. The Morgan fingerprint density at radius 1 is 1.21 bits per heavy atom. The third-order valence-corrected chi connectivity index (χ3v) is 4.60. The molecule has 0 bridgehead atoms. The van der Waals surface area contributed by atoms with Crippen molar-refractivity contribution in [1.82, 2.24) is 15.0 Å². The standard InChI is InChI=1S/C18H24N4O2/c1-13-11-16(5-6-19-13)21-7-4-8-22(10-9-21)18(23)12-17-14(2)20-24-15(17)3/h5-6,11H,4,7-10,12H2,1-3H3. The zero-order valence-corrected chi connectivity index (χ0v) is 14.6. The van der Waals surface area contributed by atoms with Crippen LogP contribution in [0.5, 0.6) is 0 Å². The van der Waals surface area contributed by atoms with Crippen LogP contribution in [0.25, 0.3) is 0 Å². The van der Waals surface area contributed by atoms with E-state index in [2.05, 4.69) is 21.1 Å². The summed E-state index contributed by atoms with van der Waals surface area (Å²) in [5.74, 6) is 0.890. The van der Waals surface area contributed by atoms with Gasteiger partial charge in [0.2, 0.25) is 5.91 Å². The van der Waals surface area contributed by atoms with Gasteiger partial charge in [0.1, 0.15) is 5.76 Å². The SMILES string of the molecule is Cc1cc(N2CCCN(C(=O)Cc3c(C)noc3C)CC2)ccn1. The maximum atomic E-state index is 12.6. The second kappa shape index (κ2) is 7.03. The molecule has 0 radical (unpaired) electrons. The Labute approximate surface area is 142 Å². The summed E-state index contributed by atoms with van der Waals surface area (Å²) in [6.07, 6.45) is 3.18. The van der Waals surface area contributed by atoms with Crippen molar-refractivity contribution in [2.45, 2.75) is 33.6 Å². The van der Waals surface area contributed by atoms with Gasteiger partial charge in [-0.05, 0) is 39.3 Å². The first-order valence-corrected chi connectivity index (χ1v) is 8.41. The van der Waals surface area contributed by atoms with Gasteiger partial charge in [0.05, 0.1) is 12.1 Å². The van der Waals surface area contributed by atoms with Gasteiger partial charge in [0.15, 0.2) is 0 Å². The van der Waals surface area contributed by atoms with E-state index in [1.165, 1.54) is 5.69 Å². The van der Waals surface area contributed by atoms with Crippen LogP contribution in [0.15, 0.2) is 22.9 Å². The van der Waals surface area contributed by atoms with E-state index < -0.39 is 0 Å². The Hall–Kier alpha value is -2.37. The lowest BCUT2D eigenvalue weighted by Crippen LogP contribution is -2.36. The van der Waals surface area contributed by atoms with Crippen LogP contribution in [-0.2, 0) is 11.2 Å². The normalized spacial score (nSPS) is 15.5. The molecule has 0 aliphatic carbocycles. The quantitative estimate of drug-likeness (QED) is 0.865. The molecule has 0 aromatic carbocycles. The molecule has 3 rings (SSSR count). The van der Waals surface area contributed by atoms with Gasteiger partial charge in [-0.15, -0.1) is 0 Å². The number of hydrogen-bond acceptors (Lipinski definition) is 5. The van der Waals surface area contributed by atoms with Crippen molar-refractivity contribution in [2.75, 3.05) is 31.1 Å². The van der Waals surface area contributed by atoms with Gasteiger partial charge in [-0.2, -0.15) is 0 Å². The Morgan fingerprint density at radius 3 is 2.75 bits per heavy atom. The van der Waals surface area contributed by atoms with Crippen LogP contribution >= 0.6 is 0 Å². The van der Waals surface area contributed by atoms with Crippen molar-refractivity contribution in [3.63, 3.8) is 0 Å². The van der Waals surface area contributed by atoms with E-state index in [-0.39, 0.29) is 5.91 Å². The number of aromatic nitrogens is 2. The molecule has 0 atom stereocenters. The van der Waals surface area contributed by atoms with Crippen molar-refractivity contribution in [3.05, 3.63) is 41.0 Å². The Morgan fingerprint density at radius 2 is 2.04 bits per heavy atom. The molecule has 2 aromatic rings. The number of pyridine rings is 1. The fraction of sp³-hybridized carbons (Fsp3) is 0.500. The third-order valence-electron chi connectivity index (χ3n) is 4.60. The maximum Gasteiger partial charge on any atom is 0.227 e. The number of carbonyl (C=O) groups excluding carboxylic acids is 1. The van der Waals surface area contributed by atoms with Crippen molar-refractivity contribution < 1.29 is 9.32 Å². The Kier molecular flexibility index (Phi) is 4.83. The summed E-state index contributed by atoms with van der Waals surface area (Å²) in [4.78, 5) is 21.2. The highest BCUT2D eigenvalue weighted by atomic mass is 16.5. The van der Waals surface area contributed by atoms with Crippen LogP contribution in [-0.4, -0.2) is 47.1 Å². The minimum atomic E-state index is 0.150. The topological polar surface area (TPSA) is 62.5 Å². The lowest BCUT2D eigenvalue weighted by atomic mass is 10.1.